The average molecular weight is 273 g/mol. The topological polar surface area (TPSA) is 66.4 Å². The summed E-state index contributed by atoms with van der Waals surface area (Å²) >= 11 is 3.04. The molecule has 17 heavy (non-hydrogen) atoms. The largest absolute Gasteiger partial charge is 0.481 e. The zero-order valence-corrected chi connectivity index (χ0v) is 11.4. The lowest BCUT2D eigenvalue weighted by Crippen LogP contribution is -2.45. The van der Waals surface area contributed by atoms with Gasteiger partial charge in [0.1, 0.15) is 0 Å². The van der Waals surface area contributed by atoms with Crippen molar-refractivity contribution in [2.75, 3.05) is 5.75 Å². The van der Waals surface area contributed by atoms with Crippen LogP contribution in [0.25, 0.3) is 0 Å². The van der Waals surface area contributed by atoms with Crippen molar-refractivity contribution in [2.45, 2.75) is 30.0 Å². The second-order valence-electron chi connectivity index (χ2n) is 4.22. The molecule has 0 saturated carbocycles. The molecule has 4 nitrogen and oxygen atoms in total. The summed E-state index contributed by atoms with van der Waals surface area (Å²) in [5, 5.41) is 13.4. The minimum atomic E-state index is -0.916. The normalized spacial score (nSPS) is 11.2. The Bertz CT molecular complexity index is 387. The van der Waals surface area contributed by atoms with Crippen molar-refractivity contribution in [1.82, 2.24) is 5.32 Å². The van der Waals surface area contributed by atoms with E-state index in [1.54, 1.807) is 25.2 Å². The van der Waals surface area contributed by atoms with Crippen molar-refractivity contribution in [3.8, 4) is 0 Å². The van der Waals surface area contributed by atoms with Crippen LogP contribution in [0.1, 0.15) is 20.3 Å². The standard InChI is InChI=1S/C11H15NO3S2/c1-11(2,6-9(14)15)12-8(13)7-17-10-4-3-5-16-10/h3-5H,6-7H2,1-2H3,(H,12,13)(H,14,15). The third-order valence-corrected chi connectivity index (χ3v) is 4.04. The molecular formula is C11H15NO3S2. The molecule has 0 aliphatic heterocycles. The van der Waals surface area contributed by atoms with E-state index in [2.05, 4.69) is 5.32 Å². The maximum absolute atomic E-state index is 11.6. The Hall–Kier alpha value is -1.01. The van der Waals surface area contributed by atoms with Gasteiger partial charge in [-0.1, -0.05) is 6.07 Å². The number of carbonyl (C=O) groups excluding carboxylic acids is 1. The van der Waals surface area contributed by atoms with Crippen LogP contribution in [0.4, 0.5) is 0 Å². The van der Waals surface area contributed by atoms with E-state index in [9.17, 15) is 9.59 Å². The van der Waals surface area contributed by atoms with Gasteiger partial charge in [0.05, 0.1) is 16.4 Å². The number of thioether (sulfide) groups is 1. The van der Waals surface area contributed by atoms with Gasteiger partial charge in [0.25, 0.3) is 0 Å². The minimum absolute atomic E-state index is 0.0809. The fraction of sp³-hybridized carbons (Fsp3) is 0.455. The first-order valence-electron chi connectivity index (χ1n) is 5.08. The Morgan fingerprint density at radius 1 is 1.53 bits per heavy atom. The van der Waals surface area contributed by atoms with Gasteiger partial charge >= 0.3 is 5.97 Å². The summed E-state index contributed by atoms with van der Waals surface area (Å²) in [7, 11) is 0. The van der Waals surface area contributed by atoms with E-state index in [0.717, 1.165) is 4.21 Å². The molecule has 2 N–H and O–H groups in total. The van der Waals surface area contributed by atoms with Gasteiger partial charge in [-0.15, -0.1) is 23.1 Å². The lowest BCUT2D eigenvalue weighted by atomic mass is 10.0. The zero-order valence-electron chi connectivity index (χ0n) is 9.73. The van der Waals surface area contributed by atoms with Crippen LogP contribution in [-0.2, 0) is 9.59 Å². The van der Waals surface area contributed by atoms with Crippen LogP contribution in [0, 0.1) is 0 Å². The first-order chi connectivity index (χ1) is 7.89. The molecule has 0 atom stereocenters. The van der Waals surface area contributed by atoms with Gasteiger partial charge in [0.15, 0.2) is 0 Å². The summed E-state index contributed by atoms with van der Waals surface area (Å²) in [6.07, 6.45) is -0.0809. The summed E-state index contributed by atoms with van der Waals surface area (Å²) in [6.45, 7) is 3.41. The number of carbonyl (C=O) groups is 2. The summed E-state index contributed by atoms with van der Waals surface area (Å²) in [6, 6.07) is 3.88. The van der Waals surface area contributed by atoms with Crippen molar-refractivity contribution in [1.29, 1.82) is 0 Å². The van der Waals surface area contributed by atoms with Gasteiger partial charge in [-0.25, -0.2) is 0 Å². The van der Waals surface area contributed by atoms with Crippen LogP contribution in [0.5, 0.6) is 0 Å². The highest BCUT2D eigenvalue weighted by Gasteiger charge is 2.23. The van der Waals surface area contributed by atoms with Gasteiger partial charge in [-0.2, -0.15) is 0 Å². The molecule has 94 valence electrons. The molecule has 6 heteroatoms. The molecule has 0 radical (unpaired) electrons. The van der Waals surface area contributed by atoms with E-state index in [1.165, 1.54) is 11.8 Å². The second-order valence-corrected chi connectivity index (χ2v) is 6.45. The van der Waals surface area contributed by atoms with Crippen LogP contribution in [0.15, 0.2) is 21.7 Å². The number of thiophene rings is 1. The van der Waals surface area contributed by atoms with Crippen LogP contribution in [0.3, 0.4) is 0 Å². The predicted octanol–water partition coefficient (Wildman–Crippen LogP) is 2.21. The van der Waals surface area contributed by atoms with Crippen LogP contribution in [-0.4, -0.2) is 28.3 Å². The Labute approximate surface area is 108 Å². The Morgan fingerprint density at radius 2 is 2.24 bits per heavy atom. The average Bonchev–Trinajstić information content (AvgIpc) is 2.63. The van der Waals surface area contributed by atoms with Gasteiger partial charge in [-0.05, 0) is 25.3 Å². The first-order valence-corrected chi connectivity index (χ1v) is 6.95. The highest BCUT2D eigenvalue weighted by atomic mass is 32.2. The van der Waals surface area contributed by atoms with E-state index in [-0.39, 0.29) is 12.3 Å². The van der Waals surface area contributed by atoms with Gasteiger partial charge < -0.3 is 10.4 Å². The molecule has 0 aliphatic rings. The molecule has 1 aromatic heterocycles. The molecule has 0 bridgehead atoms. The van der Waals surface area contributed by atoms with Crippen LogP contribution in [0.2, 0.25) is 0 Å². The molecule has 0 aliphatic carbocycles. The highest BCUT2D eigenvalue weighted by molar-refractivity contribution is 8.01. The highest BCUT2D eigenvalue weighted by Crippen LogP contribution is 2.23. The Balaban J connectivity index is 2.36. The van der Waals surface area contributed by atoms with E-state index in [1.807, 2.05) is 17.5 Å². The van der Waals surface area contributed by atoms with Crippen molar-refractivity contribution in [2.24, 2.45) is 0 Å². The van der Waals surface area contributed by atoms with Gasteiger partial charge in [0.2, 0.25) is 5.91 Å². The van der Waals surface area contributed by atoms with Gasteiger partial charge in [0, 0.05) is 5.54 Å². The maximum atomic E-state index is 11.6. The molecule has 1 amide bonds. The Morgan fingerprint density at radius 3 is 2.76 bits per heavy atom. The predicted molar refractivity (Wildman–Crippen MR) is 69.5 cm³/mol. The number of hydrogen-bond donors (Lipinski definition) is 2. The molecule has 1 heterocycles. The number of amides is 1. The lowest BCUT2D eigenvalue weighted by molar-refractivity contribution is -0.138. The third kappa shape index (κ3) is 5.74. The minimum Gasteiger partial charge on any atom is -0.481 e. The van der Waals surface area contributed by atoms with Crippen LogP contribution < -0.4 is 5.32 Å². The van der Waals surface area contributed by atoms with Crippen LogP contribution >= 0.6 is 23.1 Å². The summed E-state index contributed by atoms with van der Waals surface area (Å²) in [4.78, 5) is 22.2. The van der Waals surface area contributed by atoms with E-state index in [4.69, 9.17) is 5.11 Å². The number of carboxylic acids is 1. The van der Waals surface area contributed by atoms with E-state index in [0.29, 0.717) is 5.75 Å². The smallest absolute Gasteiger partial charge is 0.305 e. The monoisotopic (exact) mass is 273 g/mol. The molecule has 0 fully saturated rings. The fourth-order valence-electron chi connectivity index (χ4n) is 1.32. The number of hydrogen-bond acceptors (Lipinski definition) is 4. The first kappa shape index (κ1) is 14.1. The van der Waals surface area contributed by atoms with E-state index < -0.39 is 11.5 Å². The second kappa shape index (κ2) is 6.07. The van der Waals surface area contributed by atoms with Crippen molar-refractivity contribution < 1.29 is 14.7 Å². The molecule has 1 rings (SSSR count). The summed E-state index contributed by atoms with van der Waals surface area (Å²) < 4.78 is 1.08. The quantitative estimate of drug-likeness (QED) is 0.780. The number of carboxylic acid groups (broad SMARTS) is 1. The summed E-state index contributed by atoms with van der Waals surface area (Å²) in [5.74, 6) is -0.750. The van der Waals surface area contributed by atoms with Crippen molar-refractivity contribution in [3.05, 3.63) is 17.5 Å². The Kier molecular flexibility index (Phi) is 5.02. The molecule has 0 spiro atoms. The number of aliphatic carboxylic acids is 1. The fourth-order valence-corrected chi connectivity index (χ4v) is 2.90. The summed E-state index contributed by atoms with van der Waals surface area (Å²) in [5.41, 5.74) is -0.709. The third-order valence-electron chi connectivity index (χ3n) is 1.91. The SMILES string of the molecule is CC(C)(CC(=O)O)NC(=O)CSc1cccs1. The molecular weight excluding hydrogens is 258 g/mol. The maximum Gasteiger partial charge on any atom is 0.305 e. The van der Waals surface area contributed by atoms with Gasteiger partial charge in [-0.3, -0.25) is 9.59 Å². The molecule has 0 saturated heterocycles. The van der Waals surface area contributed by atoms with Crippen molar-refractivity contribution >= 4 is 35.0 Å². The lowest BCUT2D eigenvalue weighted by Gasteiger charge is -2.24. The zero-order chi connectivity index (χ0) is 12.9. The number of rotatable bonds is 6. The van der Waals surface area contributed by atoms with E-state index >= 15 is 0 Å². The molecule has 0 aromatic carbocycles. The molecule has 0 unspecified atom stereocenters. The van der Waals surface area contributed by atoms with Crippen molar-refractivity contribution in [3.63, 3.8) is 0 Å². The number of nitrogens with one attached hydrogen (secondary N) is 1. The molecule has 1 aromatic rings.